The molecule has 1 unspecified atom stereocenters. The summed E-state index contributed by atoms with van der Waals surface area (Å²) in [4.78, 5) is 14.4. The molecule has 1 aromatic rings. The van der Waals surface area contributed by atoms with Gasteiger partial charge in [-0.3, -0.25) is 4.79 Å². The molecule has 0 bridgehead atoms. The van der Waals surface area contributed by atoms with E-state index in [4.69, 9.17) is 27.9 Å². The molecule has 6 heteroatoms. The Balaban J connectivity index is 2.06. The van der Waals surface area contributed by atoms with Crippen molar-refractivity contribution < 1.29 is 9.53 Å². The monoisotopic (exact) mass is 393 g/mol. The highest BCUT2D eigenvalue weighted by molar-refractivity contribution is 9.09. The second-order valence-corrected chi connectivity index (χ2v) is 7.32. The molecule has 0 spiro atoms. The van der Waals surface area contributed by atoms with Crippen molar-refractivity contribution in [2.75, 3.05) is 18.4 Å². The van der Waals surface area contributed by atoms with Crippen molar-refractivity contribution in [3.63, 3.8) is 0 Å². The number of halogens is 3. The van der Waals surface area contributed by atoms with Crippen molar-refractivity contribution in [2.45, 2.75) is 32.0 Å². The number of hydrogen-bond donors (Lipinski definition) is 0. The van der Waals surface area contributed by atoms with Crippen LogP contribution in [0.15, 0.2) is 18.2 Å². The minimum absolute atomic E-state index is 0.0199. The van der Waals surface area contributed by atoms with Gasteiger partial charge in [0.1, 0.15) is 0 Å². The molecule has 0 radical (unpaired) electrons. The Kier molecular flexibility index (Phi) is 5.58. The number of rotatable bonds is 3. The zero-order chi connectivity index (χ0) is 15.6. The quantitative estimate of drug-likeness (QED) is 0.726. The number of carbonyl (C=O) groups excluding carboxylic acids is 1. The zero-order valence-corrected chi connectivity index (χ0v) is 15.1. The van der Waals surface area contributed by atoms with Crippen LogP contribution < -0.4 is 0 Å². The van der Waals surface area contributed by atoms with Gasteiger partial charge in [-0.1, -0.05) is 45.2 Å². The first-order valence-corrected chi connectivity index (χ1v) is 8.64. The molecule has 1 aliphatic rings. The van der Waals surface area contributed by atoms with E-state index in [0.717, 1.165) is 5.56 Å². The summed E-state index contributed by atoms with van der Waals surface area (Å²) in [6.07, 6.45) is 0.341. The zero-order valence-electron chi connectivity index (χ0n) is 12.0. The van der Waals surface area contributed by atoms with Gasteiger partial charge in [-0.15, -0.1) is 0 Å². The van der Waals surface area contributed by atoms with Crippen LogP contribution in [0.3, 0.4) is 0 Å². The van der Waals surface area contributed by atoms with Gasteiger partial charge in [0.05, 0.1) is 28.2 Å². The van der Waals surface area contributed by atoms with E-state index in [2.05, 4.69) is 15.9 Å². The topological polar surface area (TPSA) is 29.5 Å². The summed E-state index contributed by atoms with van der Waals surface area (Å²) < 4.78 is 5.91. The maximum absolute atomic E-state index is 12.5. The third-order valence-corrected chi connectivity index (χ3v) is 4.81. The van der Waals surface area contributed by atoms with Crippen LogP contribution in [0.1, 0.15) is 19.4 Å². The van der Waals surface area contributed by atoms with Crippen molar-refractivity contribution in [1.29, 1.82) is 0 Å². The largest absolute Gasteiger partial charge is 0.368 e. The van der Waals surface area contributed by atoms with E-state index in [-0.39, 0.29) is 17.6 Å². The predicted octanol–water partition coefficient (Wildman–Crippen LogP) is 3.94. The maximum Gasteiger partial charge on any atom is 0.227 e. The predicted molar refractivity (Wildman–Crippen MR) is 89.5 cm³/mol. The second kappa shape index (κ2) is 6.86. The average molecular weight is 395 g/mol. The Morgan fingerprint density at radius 1 is 1.43 bits per heavy atom. The lowest BCUT2D eigenvalue weighted by atomic mass is 10.0. The molecule has 1 saturated heterocycles. The number of amides is 1. The second-order valence-electron chi connectivity index (χ2n) is 5.85. The highest BCUT2D eigenvalue weighted by Crippen LogP contribution is 2.25. The van der Waals surface area contributed by atoms with Crippen molar-refractivity contribution in [1.82, 2.24) is 4.90 Å². The molecule has 1 fully saturated rings. The minimum atomic E-state index is -0.329. The van der Waals surface area contributed by atoms with Crippen molar-refractivity contribution in [3.05, 3.63) is 33.8 Å². The molecule has 1 aliphatic heterocycles. The van der Waals surface area contributed by atoms with Gasteiger partial charge in [-0.25, -0.2) is 0 Å². The van der Waals surface area contributed by atoms with Gasteiger partial charge in [-0.05, 0) is 31.5 Å². The van der Waals surface area contributed by atoms with E-state index in [1.807, 2.05) is 24.8 Å². The molecule has 116 valence electrons. The lowest BCUT2D eigenvalue weighted by Gasteiger charge is -2.42. The van der Waals surface area contributed by atoms with Crippen LogP contribution in [0, 0.1) is 0 Å². The molecule has 1 amide bonds. The molecule has 21 heavy (non-hydrogen) atoms. The molecule has 0 aliphatic carbocycles. The Hall–Kier alpha value is -0.290. The maximum atomic E-state index is 12.5. The SMILES string of the molecule is CC1(C)CN(C(=O)Cc2ccc(Cl)c(Cl)c2)CC(CBr)O1. The van der Waals surface area contributed by atoms with Crippen LogP contribution in [0.2, 0.25) is 10.0 Å². The molecule has 0 N–H and O–H groups in total. The number of carbonyl (C=O) groups is 1. The number of hydrogen-bond acceptors (Lipinski definition) is 2. The number of ether oxygens (including phenoxy) is 1. The molecular weight excluding hydrogens is 377 g/mol. The minimum Gasteiger partial charge on any atom is -0.368 e. The van der Waals surface area contributed by atoms with Crippen LogP contribution in [-0.2, 0) is 16.0 Å². The summed E-state index contributed by atoms with van der Waals surface area (Å²) in [6.45, 7) is 5.20. The van der Waals surface area contributed by atoms with Gasteiger partial charge in [0, 0.05) is 18.4 Å². The Labute approximate surface area is 143 Å². The fourth-order valence-corrected chi connectivity index (χ4v) is 3.16. The lowest BCUT2D eigenvalue weighted by Crippen LogP contribution is -2.55. The highest BCUT2D eigenvalue weighted by Gasteiger charge is 2.34. The molecule has 0 saturated carbocycles. The van der Waals surface area contributed by atoms with E-state index in [0.29, 0.717) is 34.9 Å². The lowest BCUT2D eigenvalue weighted by molar-refractivity contribution is -0.156. The van der Waals surface area contributed by atoms with E-state index in [1.54, 1.807) is 12.1 Å². The third kappa shape index (κ3) is 4.59. The number of morpholine rings is 1. The van der Waals surface area contributed by atoms with Gasteiger partial charge in [0.25, 0.3) is 0 Å². The van der Waals surface area contributed by atoms with E-state index < -0.39 is 0 Å². The first kappa shape index (κ1) is 17.1. The first-order chi connectivity index (χ1) is 9.80. The van der Waals surface area contributed by atoms with Crippen LogP contribution in [0.25, 0.3) is 0 Å². The van der Waals surface area contributed by atoms with Gasteiger partial charge in [0.2, 0.25) is 5.91 Å². The van der Waals surface area contributed by atoms with Crippen LogP contribution in [0.4, 0.5) is 0 Å². The van der Waals surface area contributed by atoms with Crippen LogP contribution >= 0.6 is 39.1 Å². The number of benzene rings is 1. The summed E-state index contributed by atoms with van der Waals surface area (Å²) in [6, 6.07) is 5.30. The summed E-state index contributed by atoms with van der Waals surface area (Å²) >= 11 is 15.3. The normalized spacial score (nSPS) is 21.4. The fraction of sp³-hybridized carbons (Fsp3) is 0.533. The number of alkyl halides is 1. The fourth-order valence-electron chi connectivity index (χ4n) is 2.50. The molecule has 1 aromatic carbocycles. The van der Waals surface area contributed by atoms with Crippen molar-refractivity contribution in [3.8, 4) is 0 Å². The summed E-state index contributed by atoms with van der Waals surface area (Å²) in [5, 5.41) is 1.69. The van der Waals surface area contributed by atoms with Crippen molar-refractivity contribution in [2.24, 2.45) is 0 Å². The molecule has 0 aromatic heterocycles. The van der Waals surface area contributed by atoms with Crippen molar-refractivity contribution >= 4 is 45.0 Å². The van der Waals surface area contributed by atoms with Crippen LogP contribution in [0.5, 0.6) is 0 Å². The Morgan fingerprint density at radius 3 is 2.76 bits per heavy atom. The van der Waals surface area contributed by atoms with E-state index in [9.17, 15) is 4.79 Å². The Bertz CT molecular complexity index is 536. The average Bonchev–Trinajstić information content (AvgIpc) is 2.41. The summed E-state index contributed by atoms with van der Waals surface area (Å²) in [5.41, 5.74) is 0.540. The molecule has 1 atom stereocenters. The Morgan fingerprint density at radius 2 is 2.14 bits per heavy atom. The molecule has 3 nitrogen and oxygen atoms in total. The smallest absolute Gasteiger partial charge is 0.227 e. The molecular formula is C15H18BrCl2NO2. The van der Waals surface area contributed by atoms with Gasteiger partial charge >= 0.3 is 0 Å². The standard InChI is InChI=1S/C15H18BrCl2NO2/c1-15(2)9-19(8-11(7-16)21-15)14(20)6-10-3-4-12(17)13(18)5-10/h3-5,11H,6-9H2,1-2H3. The van der Waals surface area contributed by atoms with Gasteiger partial charge in [0.15, 0.2) is 0 Å². The third-order valence-electron chi connectivity index (χ3n) is 3.35. The highest BCUT2D eigenvalue weighted by atomic mass is 79.9. The van der Waals surface area contributed by atoms with Gasteiger partial charge in [-0.2, -0.15) is 0 Å². The summed E-state index contributed by atoms with van der Waals surface area (Å²) in [5.74, 6) is 0.0794. The van der Waals surface area contributed by atoms with Crippen LogP contribution in [-0.4, -0.2) is 40.9 Å². The van der Waals surface area contributed by atoms with E-state index >= 15 is 0 Å². The summed E-state index contributed by atoms with van der Waals surface area (Å²) in [7, 11) is 0. The van der Waals surface area contributed by atoms with E-state index in [1.165, 1.54) is 0 Å². The molecule has 1 heterocycles. The number of nitrogens with zero attached hydrogens (tertiary/aromatic N) is 1. The first-order valence-electron chi connectivity index (χ1n) is 6.76. The van der Waals surface area contributed by atoms with Gasteiger partial charge < -0.3 is 9.64 Å². The molecule has 2 rings (SSSR count).